The quantitative estimate of drug-likeness (QED) is 0.741. The number of benzene rings is 1. The third-order valence-electron chi connectivity index (χ3n) is 3.24. The largest absolute Gasteiger partial charge is 0.385 e. The molecule has 1 aromatic rings. The summed E-state index contributed by atoms with van der Waals surface area (Å²) in [6, 6.07) is 4.94. The van der Waals surface area contributed by atoms with Gasteiger partial charge in [-0.15, -0.1) is 0 Å². The lowest BCUT2D eigenvalue weighted by Gasteiger charge is -2.23. The van der Waals surface area contributed by atoms with Crippen LogP contribution in [0.15, 0.2) is 18.2 Å². The molecule has 1 aliphatic carbocycles. The van der Waals surface area contributed by atoms with E-state index in [1.165, 1.54) is 6.07 Å². The Bertz CT molecular complexity index is 380. The zero-order valence-electron chi connectivity index (χ0n) is 8.83. The van der Waals surface area contributed by atoms with Gasteiger partial charge in [-0.1, -0.05) is 12.1 Å². The van der Waals surface area contributed by atoms with E-state index in [2.05, 4.69) is 0 Å². The van der Waals surface area contributed by atoms with Crippen molar-refractivity contribution in [1.29, 1.82) is 0 Å². The number of aliphatic hydroxyl groups is 1. The average molecular weight is 209 g/mol. The third-order valence-corrected chi connectivity index (χ3v) is 3.24. The van der Waals surface area contributed by atoms with Crippen LogP contribution < -0.4 is 5.73 Å². The van der Waals surface area contributed by atoms with E-state index in [0.29, 0.717) is 24.0 Å². The van der Waals surface area contributed by atoms with Gasteiger partial charge in [-0.25, -0.2) is 4.39 Å². The van der Waals surface area contributed by atoms with Crippen molar-refractivity contribution in [3.63, 3.8) is 0 Å². The van der Waals surface area contributed by atoms with Crippen molar-refractivity contribution in [2.45, 2.75) is 37.8 Å². The van der Waals surface area contributed by atoms with Crippen molar-refractivity contribution in [1.82, 2.24) is 0 Å². The van der Waals surface area contributed by atoms with Gasteiger partial charge in [0.15, 0.2) is 0 Å². The maximum Gasteiger partial charge on any atom is 0.126 e. The van der Waals surface area contributed by atoms with E-state index in [9.17, 15) is 9.50 Å². The standard InChI is InChI=1S/C12H16FNO/c1-8-2-3-9(6-11(8)13)12(15)5-4-10(14)7-12/h2-3,6,10,15H,4-5,7,14H2,1H3. The molecule has 0 bridgehead atoms. The lowest BCUT2D eigenvalue weighted by atomic mass is 9.91. The zero-order chi connectivity index (χ0) is 11.1. The lowest BCUT2D eigenvalue weighted by molar-refractivity contribution is 0.0428. The molecule has 0 amide bonds. The second-order valence-electron chi connectivity index (χ2n) is 4.50. The summed E-state index contributed by atoms with van der Waals surface area (Å²) in [5.74, 6) is -0.263. The summed E-state index contributed by atoms with van der Waals surface area (Å²) < 4.78 is 13.4. The van der Waals surface area contributed by atoms with Crippen LogP contribution in [0.25, 0.3) is 0 Å². The molecule has 2 atom stereocenters. The Balaban J connectivity index is 2.33. The molecule has 3 heteroatoms. The van der Waals surface area contributed by atoms with Gasteiger partial charge < -0.3 is 10.8 Å². The molecule has 15 heavy (non-hydrogen) atoms. The van der Waals surface area contributed by atoms with Gasteiger partial charge in [-0.05, 0) is 43.4 Å². The van der Waals surface area contributed by atoms with Gasteiger partial charge in [0.05, 0.1) is 5.60 Å². The number of nitrogens with two attached hydrogens (primary N) is 1. The van der Waals surface area contributed by atoms with Gasteiger partial charge >= 0.3 is 0 Å². The van der Waals surface area contributed by atoms with E-state index < -0.39 is 5.60 Å². The molecule has 2 unspecified atom stereocenters. The van der Waals surface area contributed by atoms with E-state index >= 15 is 0 Å². The second kappa shape index (κ2) is 3.58. The summed E-state index contributed by atoms with van der Waals surface area (Å²) in [4.78, 5) is 0. The average Bonchev–Trinajstić information content (AvgIpc) is 2.52. The van der Waals surface area contributed by atoms with Gasteiger partial charge in [0, 0.05) is 6.04 Å². The summed E-state index contributed by atoms with van der Waals surface area (Å²) in [7, 11) is 0. The number of halogens is 1. The summed E-state index contributed by atoms with van der Waals surface area (Å²) in [5.41, 5.74) is 6.09. The van der Waals surface area contributed by atoms with E-state index in [1.807, 2.05) is 0 Å². The van der Waals surface area contributed by atoms with Crippen molar-refractivity contribution in [3.8, 4) is 0 Å². The molecule has 0 aromatic heterocycles. The summed E-state index contributed by atoms with van der Waals surface area (Å²) in [6.45, 7) is 1.71. The molecule has 2 rings (SSSR count). The zero-order valence-corrected chi connectivity index (χ0v) is 8.83. The fourth-order valence-corrected chi connectivity index (χ4v) is 2.21. The van der Waals surface area contributed by atoms with Gasteiger partial charge in [-0.2, -0.15) is 0 Å². The van der Waals surface area contributed by atoms with Gasteiger partial charge in [0.25, 0.3) is 0 Å². The van der Waals surface area contributed by atoms with E-state index in [1.54, 1.807) is 19.1 Å². The predicted octanol–water partition coefficient (Wildman–Crippen LogP) is 1.83. The minimum Gasteiger partial charge on any atom is -0.385 e. The highest BCUT2D eigenvalue weighted by Crippen LogP contribution is 2.38. The summed E-state index contributed by atoms with van der Waals surface area (Å²) in [5, 5.41) is 10.3. The monoisotopic (exact) mass is 209 g/mol. The second-order valence-corrected chi connectivity index (χ2v) is 4.50. The fourth-order valence-electron chi connectivity index (χ4n) is 2.21. The van der Waals surface area contributed by atoms with Crippen molar-refractivity contribution in [2.75, 3.05) is 0 Å². The van der Waals surface area contributed by atoms with Crippen molar-refractivity contribution >= 4 is 0 Å². The molecule has 82 valence electrons. The van der Waals surface area contributed by atoms with Crippen LogP contribution in [0.5, 0.6) is 0 Å². The molecule has 1 aromatic carbocycles. The third kappa shape index (κ3) is 1.90. The first-order chi connectivity index (χ1) is 7.01. The Kier molecular flexibility index (Phi) is 2.52. The topological polar surface area (TPSA) is 46.2 Å². The first-order valence-electron chi connectivity index (χ1n) is 5.26. The van der Waals surface area contributed by atoms with Crippen LogP contribution in [-0.4, -0.2) is 11.1 Å². The van der Waals surface area contributed by atoms with Gasteiger partial charge in [0.1, 0.15) is 5.82 Å². The van der Waals surface area contributed by atoms with Crippen molar-refractivity contribution < 1.29 is 9.50 Å². The van der Waals surface area contributed by atoms with Crippen molar-refractivity contribution in [3.05, 3.63) is 35.1 Å². The Morgan fingerprint density at radius 3 is 2.80 bits per heavy atom. The highest BCUT2D eigenvalue weighted by Gasteiger charge is 2.37. The molecule has 1 saturated carbocycles. The molecular formula is C12H16FNO. The maximum atomic E-state index is 13.4. The number of hydrogen-bond donors (Lipinski definition) is 2. The van der Waals surface area contributed by atoms with E-state index in [-0.39, 0.29) is 11.9 Å². The SMILES string of the molecule is Cc1ccc(C2(O)CCC(N)C2)cc1F. The molecule has 1 fully saturated rings. The van der Waals surface area contributed by atoms with Crippen LogP contribution >= 0.6 is 0 Å². The molecule has 0 saturated heterocycles. The van der Waals surface area contributed by atoms with Crippen molar-refractivity contribution in [2.24, 2.45) is 5.73 Å². The number of hydrogen-bond acceptors (Lipinski definition) is 2. The molecule has 3 N–H and O–H groups in total. The Morgan fingerprint density at radius 1 is 1.53 bits per heavy atom. The molecule has 1 aliphatic rings. The van der Waals surface area contributed by atoms with Crippen LogP contribution in [-0.2, 0) is 5.60 Å². The lowest BCUT2D eigenvalue weighted by Crippen LogP contribution is -2.25. The molecule has 0 spiro atoms. The highest BCUT2D eigenvalue weighted by atomic mass is 19.1. The predicted molar refractivity (Wildman–Crippen MR) is 56.9 cm³/mol. The van der Waals surface area contributed by atoms with Crippen LogP contribution in [0.2, 0.25) is 0 Å². The highest BCUT2D eigenvalue weighted by molar-refractivity contribution is 5.29. The Hall–Kier alpha value is -0.930. The Morgan fingerprint density at radius 2 is 2.27 bits per heavy atom. The van der Waals surface area contributed by atoms with Crippen LogP contribution in [0.3, 0.4) is 0 Å². The first-order valence-corrected chi connectivity index (χ1v) is 5.26. The molecule has 0 heterocycles. The molecular weight excluding hydrogens is 193 g/mol. The van der Waals surface area contributed by atoms with Gasteiger partial charge in [-0.3, -0.25) is 0 Å². The Labute approximate surface area is 88.9 Å². The van der Waals surface area contributed by atoms with Crippen LogP contribution in [0.1, 0.15) is 30.4 Å². The maximum absolute atomic E-state index is 13.4. The smallest absolute Gasteiger partial charge is 0.126 e. The minimum atomic E-state index is -0.923. The number of rotatable bonds is 1. The van der Waals surface area contributed by atoms with Gasteiger partial charge in [0.2, 0.25) is 0 Å². The molecule has 0 aliphatic heterocycles. The molecule has 0 radical (unpaired) electrons. The number of aryl methyl sites for hydroxylation is 1. The fraction of sp³-hybridized carbons (Fsp3) is 0.500. The summed E-state index contributed by atoms with van der Waals surface area (Å²) >= 11 is 0. The summed E-state index contributed by atoms with van der Waals surface area (Å²) in [6.07, 6.45) is 1.94. The first kappa shape index (κ1) is 10.6. The van der Waals surface area contributed by atoms with Crippen LogP contribution in [0.4, 0.5) is 4.39 Å². The molecule has 2 nitrogen and oxygen atoms in total. The van der Waals surface area contributed by atoms with E-state index in [0.717, 1.165) is 6.42 Å². The van der Waals surface area contributed by atoms with Crippen LogP contribution in [0, 0.1) is 12.7 Å². The normalized spacial score (nSPS) is 30.8. The van der Waals surface area contributed by atoms with E-state index in [4.69, 9.17) is 5.73 Å². The minimum absolute atomic E-state index is 0.0272.